The van der Waals surface area contributed by atoms with Crippen molar-refractivity contribution in [1.82, 2.24) is 0 Å². The van der Waals surface area contributed by atoms with E-state index in [-0.39, 0.29) is 4.90 Å². The smallest absolute Gasteiger partial charge is 0.176 e. The molecule has 1 heterocycles. The van der Waals surface area contributed by atoms with Crippen molar-refractivity contribution in [3.8, 4) is 6.07 Å². The first-order valence-corrected chi connectivity index (χ1v) is 7.27. The van der Waals surface area contributed by atoms with Gasteiger partial charge in [0.1, 0.15) is 6.61 Å². The zero-order valence-corrected chi connectivity index (χ0v) is 10.9. The predicted molar refractivity (Wildman–Crippen MR) is 66.1 cm³/mol. The van der Waals surface area contributed by atoms with Crippen LogP contribution in [0.5, 0.6) is 0 Å². The van der Waals surface area contributed by atoms with Gasteiger partial charge in [0.15, 0.2) is 9.84 Å². The molecule has 0 unspecified atom stereocenters. The van der Waals surface area contributed by atoms with Crippen LogP contribution in [0.15, 0.2) is 22.2 Å². The topological polar surface area (TPSA) is 79.5 Å². The van der Waals surface area contributed by atoms with E-state index >= 15 is 0 Å². The van der Waals surface area contributed by atoms with Gasteiger partial charge in [-0.3, -0.25) is 0 Å². The Morgan fingerprint density at radius 3 is 2.67 bits per heavy atom. The summed E-state index contributed by atoms with van der Waals surface area (Å²) in [6, 6.07) is 5.02. The van der Waals surface area contributed by atoms with E-state index in [9.17, 15) is 8.42 Å². The van der Waals surface area contributed by atoms with Crippen LogP contribution in [0.3, 0.4) is 0 Å². The molecule has 0 amide bonds. The highest BCUT2D eigenvalue weighted by molar-refractivity contribution is 7.90. The Bertz CT molecular complexity index is 669. The van der Waals surface area contributed by atoms with E-state index < -0.39 is 9.84 Å². The summed E-state index contributed by atoms with van der Waals surface area (Å²) in [5, 5.41) is 12.9. The fourth-order valence-corrected chi connectivity index (χ4v) is 2.91. The molecule has 0 aromatic heterocycles. The van der Waals surface area contributed by atoms with Crippen LogP contribution >= 0.6 is 0 Å². The van der Waals surface area contributed by atoms with Gasteiger partial charge in [-0.15, -0.1) is 0 Å². The van der Waals surface area contributed by atoms with Crippen molar-refractivity contribution in [1.29, 1.82) is 5.26 Å². The van der Waals surface area contributed by atoms with Crippen molar-refractivity contribution in [3.05, 3.63) is 28.8 Å². The van der Waals surface area contributed by atoms with Gasteiger partial charge in [-0.05, 0) is 24.6 Å². The van der Waals surface area contributed by atoms with Crippen molar-refractivity contribution in [2.45, 2.75) is 18.2 Å². The fraction of sp³-hybridized carbons (Fsp3) is 0.333. The number of oxime groups is 1. The molecule has 5 nitrogen and oxygen atoms in total. The maximum absolute atomic E-state index is 11.8. The zero-order valence-electron chi connectivity index (χ0n) is 10.1. The highest BCUT2D eigenvalue weighted by Crippen LogP contribution is 2.26. The zero-order chi connectivity index (χ0) is 13.3. The minimum atomic E-state index is -3.36. The van der Waals surface area contributed by atoms with Crippen molar-refractivity contribution in [2.24, 2.45) is 5.16 Å². The maximum atomic E-state index is 11.8. The Hall–Kier alpha value is -1.87. The molecule has 2 rings (SSSR count). The lowest BCUT2D eigenvalue weighted by Gasteiger charge is -2.11. The van der Waals surface area contributed by atoms with Gasteiger partial charge in [0.05, 0.1) is 22.2 Å². The number of hydrogen-bond acceptors (Lipinski definition) is 5. The molecule has 1 aliphatic heterocycles. The van der Waals surface area contributed by atoms with Crippen LogP contribution in [-0.2, 0) is 14.7 Å². The van der Waals surface area contributed by atoms with Gasteiger partial charge in [0, 0.05) is 18.2 Å². The number of benzene rings is 1. The summed E-state index contributed by atoms with van der Waals surface area (Å²) in [5.41, 5.74) is 2.18. The Kier molecular flexibility index (Phi) is 3.09. The second kappa shape index (κ2) is 4.42. The monoisotopic (exact) mass is 264 g/mol. The lowest BCUT2D eigenvalue weighted by Crippen LogP contribution is -2.11. The second-order valence-electron chi connectivity index (χ2n) is 4.12. The summed E-state index contributed by atoms with van der Waals surface area (Å²) >= 11 is 0. The average Bonchev–Trinajstić information content (AvgIpc) is 2.80. The highest BCUT2D eigenvalue weighted by atomic mass is 32.2. The molecule has 18 heavy (non-hydrogen) atoms. The number of nitrogens with zero attached hydrogens (tertiary/aromatic N) is 2. The minimum Gasteiger partial charge on any atom is -0.395 e. The largest absolute Gasteiger partial charge is 0.395 e. The van der Waals surface area contributed by atoms with E-state index in [1.54, 1.807) is 6.92 Å². The van der Waals surface area contributed by atoms with Gasteiger partial charge < -0.3 is 4.84 Å². The SMILES string of the molecule is Cc1c(C#N)ccc(S(C)(=O)=O)c1C1=NOCC1. The number of rotatable bonds is 2. The van der Waals surface area contributed by atoms with Gasteiger partial charge in [-0.25, -0.2) is 8.42 Å². The van der Waals surface area contributed by atoms with Crippen LogP contribution in [0.2, 0.25) is 0 Å². The van der Waals surface area contributed by atoms with Crippen molar-refractivity contribution >= 4 is 15.5 Å². The van der Waals surface area contributed by atoms with Crippen molar-refractivity contribution in [3.63, 3.8) is 0 Å². The molecule has 0 aliphatic carbocycles. The van der Waals surface area contributed by atoms with E-state index in [0.29, 0.717) is 35.4 Å². The van der Waals surface area contributed by atoms with Gasteiger partial charge in [-0.2, -0.15) is 5.26 Å². The summed E-state index contributed by atoms with van der Waals surface area (Å²) in [7, 11) is -3.36. The molecule has 0 fully saturated rings. The summed E-state index contributed by atoms with van der Waals surface area (Å²) < 4.78 is 23.6. The van der Waals surface area contributed by atoms with Crippen LogP contribution in [0.25, 0.3) is 0 Å². The Morgan fingerprint density at radius 2 is 2.17 bits per heavy atom. The first kappa shape index (κ1) is 12.6. The second-order valence-corrected chi connectivity index (χ2v) is 6.10. The normalized spacial score (nSPS) is 14.8. The molecule has 0 saturated carbocycles. The molecule has 0 radical (unpaired) electrons. The molecular weight excluding hydrogens is 252 g/mol. The summed E-state index contributed by atoms with van der Waals surface area (Å²) in [6.07, 6.45) is 1.70. The molecule has 0 N–H and O–H groups in total. The first-order chi connectivity index (χ1) is 8.45. The quantitative estimate of drug-likeness (QED) is 0.808. The van der Waals surface area contributed by atoms with Crippen LogP contribution in [0.4, 0.5) is 0 Å². The van der Waals surface area contributed by atoms with E-state index in [0.717, 1.165) is 6.26 Å². The molecule has 94 valence electrons. The third-order valence-corrected chi connectivity index (χ3v) is 3.98. The van der Waals surface area contributed by atoms with Gasteiger partial charge in [0.2, 0.25) is 0 Å². The van der Waals surface area contributed by atoms with Gasteiger partial charge in [0.25, 0.3) is 0 Å². The third-order valence-electron chi connectivity index (χ3n) is 2.84. The molecule has 1 aliphatic rings. The van der Waals surface area contributed by atoms with Gasteiger partial charge >= 0.3 is 0 Å². The van der Waals surface area contributed by atoms with Gasteiger partial charge in [-0.1, -0.05) is 5.16 Å². The molecular formula is C12H12N2O3S. The summed E-state index contributed by atoms with van der Waals surface area (Å²) in [5.74, 6) is 0. The predicted octanol–water partition coefficient (Wildman–Crippen LogP) is 1.39. The molecule has 0 atom stereocenters. The number of hydrogen-bond donors (Lipinski definition) is 0. The lowest BCUT2D eigenvalue weighted by atomic mass is 9.98. The summed E-state index contributed by atoms with van der Waals surface area (Å²) in [6.45, 7) is 2.16. The molecule has 1 aromatic rings. The van der Waals surface area contributed by atoms with Crippen molar-refractivity contribution in [2.75, 3.05) is 12.9 Å². The minimum absolute atomic E-state index is 0.197. The van der Waals surface area contributed by atoms with Crippen LogP contribution < -0.4 is 0 Å². The van der Waals surface area contributed by atoms with E-state index in [1.165, 1.54) is 12.1 Å². The van der Waals surface area contributed by atoms with E-state index in [2.05, 4.69) is 5.16 Å². The molecule has 0 spiro atoms. The fourth-order valence-electron chi connectivity index (χ4n) is 1.96. The lowest BCUT2D eigenvalue weighted by molar-refractivity contribution is 0.174. The van der Waals surface area contributed by atoms with Crippen LogP contribution in [0, 0.1) is 18.3 Å². The summed E-state index contributed by atoms with van der Waals surface area (Å²) in [4.78, 5) is 5.12. The molecule has 0 saturated heterocycles. The average molecular weight is 264 g/mol. The Morgan fingerprint density at radius 1 is 1.44 bits per heavy atom. The van der Waals surface area contributed by atoms with E-state index in [1.807, 2.05) is 6.07 Å². The van der Waals surface area contributed by atoms with Crippen LogP contribution in [-0.4, -0.2) is 27.0 Å². The molecule has 6 heteroatoms. The number of nitriles is 1. The molecule has 1 aromatic carbocycles. The Balaban J connectivity index is 2.77. The Labute approximate surface area is 106 Å². The maximum Gasteiger partial charge on any atom is 0.176 e. The first-order valence-electron chi connectivity index (χ1n) is 5.38. The standard InChI is InChI=1S/C12H12N2O3S/c1-8-9(7-13)3-4-11(18(2,15)16)12(8)10-5-6-17-14-10/h3-4H,5-6H2,1-2H3. The highest BCUT2D eigenvalue weighted by Gasteiger charge is 2.23. The van der Waals surface area contributed by atoms with Crippen LogP contribution in [0.1, 0.15) is 23.1 Å². The molecule has 0 bridgehead atoms. The third kappa shape index (κ3) is 2.09. The number of sulfone groups is 1. The van der Waals surface area contributed by atoms with Crippen molar-refractivity contribution < 1.29 is 13.3 Å². The van der Waals surface area contributed by atoms with E-state index in [4.69, 9.17) is 10.1 Å².